The molecule has 5 heteroatoms. The van der Waals surface area contributed by atoms with Crippen molar-refractivity contribution >= 4 is 23.2 Å². The molecule has 2 rings (SSSR count). The number of rotatable bonds is 5. The molecule has 0 spiro atoms. The summed E-state index contributed by atoms with van der Waals surface area (Å²) in [5.74, 6) is 0.0405. The largest absolute Gasteiger partial charge is 0.396 e. The highest BCUT2D eigenvalue weighted by atomic mass is 16.3. The molecule has 0 radical (unpaired) electrons. The van der Waals surface area contributed by atoms with Crippen LogP contribution in [0.2, 0.25) is 0 Å². The van der Waals surface area contributed by atoms with Crippen LogP contribution < -0.4 is 10.2 Å². The first-order valence-electron chi connectivity index (χ1n) is 6.52. The van der Waals surface area contributed by atoms with Gasteiger partial charge in [-0.1, -0.05) is 0 Å². The van der Waals surface area contributed by atoms with Crippen molar-refractivity contribution in [2.75, 3.05) is 23.4 Å². The van der Waals surface area contributed by atoms with E-state index in [0.29, 0.717) is 24.9 Å². The van der Waals surface area contributed by atoms with Crippen LogP contribution in [0.5, 0.6) is 0 Å². The molecule has 1 aromatic carbocycles. The number of aliphatic hydroxyl groups excluding tert-OH is 1. The molecule has 0 atom stereocenters. The molecule has 0 aliphatic carbocycles. The van der Waals surface area contributed by atoms with Crippen molar-refractivity contribution in [2.24, 2.45) is 0 Å². The number of aliphatic hydroxyl groups is 1. The molecule has 19 heavy (non-hydrogen) atoms. The van der Waals surface area contributed by atoms with Gasteiger partial charge in [0, 0.05) is 37.4 Å². The average Bonchev–Trinajstić information content (AvgIpc) is 2.83. The molecule has 1 aliphatic rings. The Bertz CT molecular complexity index is 456. The number of anilines is 2. The highest BCUT2D eigenvalue weighted by Crippen LogP contribution is 2.23. The first-order valence-corrected chi connectivity index (χ1v) is 6.52. The fourth-order valence-corrected chi connectivity index (χ4v) is 2.11. The monoisotopic (exact) mass is 262 g/mol. The highest BCUT2D eigenvalue weighted by molar-refractivity contribution is 5.96. The van der Waals surface area contributed by atoms with Crippen LogP contribution >= 0.6 is 0 Å². The Hall–Kier alpha value is -1.88. The summed E-state index contributed by atoms with van der Waals surface area (Å²) in [6, 6.07) is 7.26. The van der Waals surface area contributed by atoms with Crippen LogP contribution in [0.25, 0.3) is 0 Å². The number of hydrogen-bond acceptors (Lipinski definition) is 3. The van der Waals surface area contributed by atoms with Crippen molar-refractivity contribution in [3.8, 4) is 0 Å². The Morgan fingerprint density at radius 3 is 2.63 bits per heavy atom. The quantitative estimate of drug-likeness (QED) is 0.845. The minimum Gasteiger partial charge on any atom is -0.396 e. The third-order valence-electron chi connectivity index (χ3n) is 3.10. The number of amides is 2. The summed E-state index contributed by atoms with van der Waals surface area (Å²) >= 11 is 0. The lowest BCUT2D eigenvalue weighted by Gasteiger charge is -2.16. The number of hydrogen-bond donors (Lipinski definition) is 2. The molecule has 0 aromatic heterocycles. The van der Waals surface area contributed by atoms with E-state index in [4.69, 9.17) is 5.11 Å². The molecular weight excluding hydrogens is 244 g/mol. The van der Waals surface area contributed by atoms with Crippen LogP contribution in [-0.2, 0) is 9.59 Å². The summed E-state index contributed by atoms with van der Waals surface area (Å²) in [4.78, 5) is 24.8. The molecule has 2 N–H and O–H groups in total. The topological polar surface area (TPSA) is 69.6 Å². The summed E-state index contributed by atoms with van der Waals surface area (Å²) in [6.45, 7) is 0.782. The third kappa shape index (κ3) is 3.54. The van der Waals surface area contributed by atoms with Crippen molar-refractivity contribution in [3.63, 3.8) is 0 Å². The number of carbonyl (C=O) groups excluding carboxylic acids is 2. The zero-order valence-corrected chi connectivity index (χ0v) is 10.8. The van der Waals surface area contributed by atoms with E-state index < -0.39 is 0 Å². The standard InChI is InChI=1S/C14H18N2O3/c17-10-2-3-13(18)15-11-5-7-12(8-6-11)16-9-1-4-14(16)19/h5-8,17H,1-4,9-10H2,(H,15,18). The van der Waals surface area contributed by atoms with Crippen LogP contribution in [0, 0.1) is 0 Å². The van der Waals surface area contributed by atoms with E-state index >= 15 is 0 Å². The Morgan fingerprint density at radius 1 is 1.32 bits per heavy atom. The number of benzene rings is 1. The summed E-state index contributed by atoms with van der Waals surface area (Å²) < 4.78 is 0. The fourth-order valence-electron chi connectivity index (χ4n) is 2.11. The van der Waals surface area contributed by atoms with Gasteiger partial charge in [0.15, 0.2) is 0 Å². The van der Waals surface area contributed by atoms with Gasteiger partial charge >= 0.3 is 0 Å². The zero-order chi connectivity index (χ0) is 13.7. The number of nitrogens with zero attached hydrogens (tertiary/aromatic N) is 1. The fraction of sp³-hybridized carbons (Fsp3) is 0.429. The Balaban J connectivity index is 1.94. The van der Waals surface area contributed by atoms with Gasteiger partial charge in [0.1, 0.15) is 0 Å². The molecule has 1 fully saturated rings. The molecule has 5 nitrogen and oxygen atoms in total. The number of carbonyl (C=O) groups is 2. The predicted molar refractivity (Wildman–Crippen MR) is 73.0 cm³/mol. The molecule has 1 saturated heterocycles. The van der Waals surface area contributed by atoms with Crippen LogP contribution in [0.3, 0.4) is 0 Å². The minimum absolute atomic E-state index is 0.0173. The van der Waals surface area contributed by atoms with Gasteiger partial charge in [-0.2, -0.15) is 0 Å². The second-order valence-corrected chi connectivity index (χ2v) is 4.57. The van der Waals surface area contributed by atoms with Crippen molar-refractivity contribution < 1.29 is 14.7 Å². The summed E-state index contributed by atoms with van der Waals surface area (Å²) in [5.41, 5.74) is 1.58. The van der Waals surface area contributed by atoms with E-state index in [1.54, 1.807) is 17.0 Å². The van der Waals surface area contributed by atoms with Gasteiger partial charge in [-0.15, -0.1) is 0 Å². The molecule has 102 valence electrons. The summed E-state index contributed by atoms with van der Waals surface area (Å²) in [5, 5.41) is 11.4. The van der Waals surface area contributed by atoms with Crippen molar-refractivity contribution in [1.29, 1.82) is 0 Å². The van der Waals surface area contributed by atoms with Gasteiger partial charge in [0.05, 0.1) is 0 Å². The predicted octanol–water partition coefficient (Wildman–Crippen LogP) is 1.52. The second kappa shape index (κ2) is 6.33. The van der Waals surface area contributed by atoms with Gasteiger partial charge in [-0.25, -0.2) is 0 Å². The van der Waals surface area contributed by atoms with Crippen molar-refractivity contribution in [2.45, 2.75) is 25.7 Å². The Kier molecular flexibility index (Phi) is 4.52. The van der Waals surface area contributed by atoms with E-state index in [0.717, 1.165) is 18.7 Å². The SMILES string of the molecule is O=C(CCCO)Nc1ccc(N2CCCC2=O)cc1. The highest BCUT2D eigenvalue weighted by Gasteiger charge is 2.21. The molecule has 1 aliphatic heterocycles. The molecular formula is C14H18N2O3. The van der Waals surface area contributed by atoms with Crippen molar-refractivity contribution in [1.82, 2.24) is 0 Å². The maximum Gasteiger partial charge on any atom is 0.227 e. The van der Waals surface area contributed by atoms with Gasteiger partial charge < -0.3 is 15.3 Å². The van der Waals surface area contributed by atoms with Crippen LogP contribution in [0.1, 0.15) is 25.7 Å². The van der Waals surface area contributed by atoms with Gasteiger partial charge in [0.25, 0.3) is 0 Å². The van der Waals surface area contributed by atoms with Crippen LogP contribution in [-0.4, -0.2) is 30.1 Å². The lowest BCUT2D eigenvalue weighted by Crippen LogP contribution is -2.23. The maximum absolute atomic E-state index is 11.6. The van der Waals surface area contributed by atoms with E-state index in [1.165, 1.54) is 0 Å². The third-order valence-corrected chi connectivity index (χ3v) is 3.10. The van der Waals surface area contributed by atoms with Crippen molar-refractivity contribution in [3.05, 3.63) is 24.3 Å². The van der Waals surface area contributed by atoms with Gasteiger partial charge in [0.2, 0.25) is 11.8 Å². The smallest absolute Gasteiger partial charge is 0.227 e. The summed E-state index contributed by atoms with van der Waals surface area (Å²) in [6.07, 6.45) is 2.28. The first-order chi connectivity index (χ1) is 9.20. The van der Waals surface area contributed by atoms with Gasteiger partial charge in [-0.3, -0.25) is 9.59 Å². The first kappa shape index (κ1) is 13.5. The molecule has 2 amide bonds. The summed E-state index contributed by atoms with van der Waals surface area (Å²) in [7, 11) is 0. The molecule has 0 saturated carbocycles. The number of nitrogens with one attached hydrogen (secondary N) is 1. The lowest BCUT2D eigenvalue weighted by molar-refractivity contribution is -0.117. The van der Waals surface area contributed by atoms with E-state index in [9.17, 15) is 9.59 Å². The molecule has 1 heterocycles. The molecule has 0 bridgehead atoms. The second-order valence-electron chi connectivity index (χ2n) is 4.57. The Morgan fingerprint density at radius 2 is 2.05 bits per heavy atom. The maximum atomic E-state index is 11.6. The Labute approximate surface area is 112 Å². The van der Waals surface area contributed by atoms with Crippen LogP contribution in [0.15, 0.2) is 24.3 Å². The van der Waals surface area contributed by atoms with Gasteiger partial charge in [-0.05, 0) is 37.1 Å². The average molecular weight is 262 g/mol. The minimum atomic E-state index is -0.112. The van der Waals surface area contributed by atoms with E-state index in [-0.39, 0.29) is 18.4 Å². The molecule has 1 aromatic rings. The normalized spacial score (nSPS) is 14.8. The lowest BCUT2D eigenvalue weighted by atomic mass is 10.2. The zero-order valence-electron chi connectivity index (χ0n) is 10.8. The van der Waals surface area contributed by atoms with E-state index in [2.05, 4.69) is 5.32 Å². The van der Waals surface area contributed by atoms with Crippen LogP contribution in [0.4, 0.5) is 11.4 Å². The van der Waals surface area contributed by atoms with E-state index in [1.807, 2.05) is 12.1 Å². The molecule has 0 unspecified atom stereocenters.